The lowest BCUT2D eigenvalue weighted by atomic mass is 10.2. The molecular formula is C14H13NO4. The van der Waals surface area contributed by atoms with E-state index in [0.717, 1.165) is 11.4 Å². The van der Waals surface area contributed by atoms with E-state index >= 15 is 0 Å². The largest absolute Gasteiger partial charge is 0.478 e. The Labute approximate surface area is 110 Å². The van der Waals surface area contributed by atoms with Crippen molar-refractivity contribution in [1.82, 2.24) is 4.57 Å². The lowest BCUT2D eigenvalue weighted by molar-refractivity contribution is 0.0695. The molecule has 19 heavy (non-hydrogen) atoms. The second-order valence-corrected chi connectivity index (χ2v) is 4.24. The van der Waals surface area contributed by atoms with E-state index in [2.05, 4.69) is 0 Å². The van der Waals surface area contributed by atoms with Gasteiger partial charge in [-0.1, -0.05) is 6.92 Å². The van der Waals surface area contributed by atoms with Crippen molar-refractivity contribution in [2.45, 2.75) is 13.3 Å². The molecule has 0 unspecified atom stereocenters. The van der Waals surface area contributed by atoms with Gasteiger partial charge in [0.2, 0.25) is 6.79 Å². The molecule has 1 aliphatic heterocycles. The topological polar surface area (TPSA) is 60.7 Å². The van der Waals surface area contributed by atoms with Gasteiger partial charge >= 0.3 is 5.97 Å². The predicted molar refractivity (Wildman–Crippen MR) is 68.2 cm³/mol. The highest BCUT2D eigenvalue weighted by Crippen LogP contribution is 2.34. The van der Waals surface area contributed by atoms with Gasteiger partial charge in [0, 0.05) is 23.6 Å². The maximum atomic E-state index is 11.2. The summed E-state index contributed by atoms with van der Waals surface area (Å²) in [5, 5.41) is 9.15. The van der Waals surface area contributed by atoms with E-state index in [1.807, 2.05) is 29.7 Å². The summed E-state index contributed by atoms with van der Waals surface area (Å²) in [4.78, 5) is 11.2. The molecule has 1 N–H and O–H groups in total. The molecule has 5 nitrogen and oxygen atoms in total. The number of rotatable bonds is 3. The highest BCUT2D eigenvalue weighted by molar-refractivity contribution is 5.89. The van der Waals surface area contributed by atoms with E-state index in [1.165, 1.54) is 0 Å². The Morgan fingerprint density at radius 3 is 2.84 bits per heavy atom. The number of aromatic carboxylic acids is 1. The van der Waals surface area contributed by atoms with Gasteiger partial charge in [0.05, 0.1) is 5.56 Å². The quantitative estimate of drug-likeness (QED) is 0.919. The van der Waals surface area contributed by atoms with Crippen molar-refractivity contribution in [3.8, 4) is 17.2 Å². The van der Waals surface area contributed by atoms with Crippen LogP contribution in [0, 0.1) is 0 Å². The lowest BCUT2D eigenvalue weighted by Gasteiger charge is -2.09. The van der Waals surface area contributed by atoms with Crippen LogP contribution >= 0.6 is 0 Å². The molecule has 1 aromatic carbocycles. The second-order valence-electron chi connectivity index (χ2n) is 4.24. The van der Waals surface area contributed by atoms with Gasteiger partial charge in [-0.2, -0.15) is 0 Å². The van der Waals surface area contributed by atoms with Crippen LogP contribution in [0.1, 0.15) is 23.0 Å². The number of nitrogens with zero attached hydrogens (tertiary/aromatic N) is 1. The summed E-state index contributed by atoms with van der Waals surface area (Å²) < 4.78 is 12.5. The molecule has 3 rings (SSSR count). The molecule has 0 saturated heterocycles. The van der Waals surface area contributed by atoms with Crippen molar-refractivity contribution in [3.05, 3.63) is 41.7 Å². The molecule has 0 fully saturated rings. The van der Waals surface area contributed by atoms with Crippen LogP contribution in [0.4, 0.5) is 0 Å². The maximum absolute atomic E-state index is 11.2. The number of benzene rings is 1. The minimum Gasteiger partial charge on any atom is -0.478 e. The third-order valence-corrected chi connectivity index (χ3v) is 3.19. The third-order valence-electron chi connectivity index (χ3n) is 3.19. The van der Waals surface area contributed by atoms with Gasteiger partial charge in [0.1, 0.15) is 0 Å². The van der Waals surface area contributed by atoms with Crippen LogP contribution in [0.3, 0.4) is 0 Å². The Morgan fingerprint density at radius 2 is 2.11 bits per heavy atom. The van der Waals surface area contributed by atoms with Crippen molar-refractivity contribution >= 4 is 5.97 Å². The molecule has 98 valence electrons. The van der Waals surface area contributed by atoms with Crippen LogP contribution < -0.4 is 9.47 Å². The molecule has 0 amide bonds. The molecule has 1 aliphatic rings. The number of carboxylic acid groups (broad SMARTS) is 1. The summed E-state index contributed by atoms with van der Waals surface area (Å²) in [5.41, 5.74) is 1.97. The van der Waals surface area contributed by atoms with Crippen LogP contribution in [-0.4, -0.2) is 22.4 Å². The summed E-state index contributed by atoms with van der Waals surface area (Å²) in [6.07, 6.45) is 2.41. The molecule has 5 heteroatoms. The molecule has 0 spiro atoms. The van der Waals surface area contributed by atoms with Crippen molar-refractivity contribution in [2.75, 3.05) is 6.79 Å². The third kappa shape index (κ3) is 1.83. The van der Waals surface area contributed by atoms with Crippen LogP contribution in [0.15, 0.2) is 30.5 Å². The first-order chi connectivity index (χ1) is 9.20. The van der Waals surface area contributed by atoms with Gasteiger partial charge in [-0.15, -0.1) is 0 Å². The first kappa shape index (κ1) is 11.6. The monoisotopic (exact) mass is 259 g/mol. The van der Waals surface area contributed by atoms with Crippen molar-refractivity contribution in [2.24, 2.45) is 0 Å². The molecule has 0 saturated carbocycles. The van der Waals surface area contributed by atoms with Crippen molar-refractivity contribution in [3.63, 3.8) is 0 Å². The normalized spacial score (nSPS) is 12.7. The number of carboxylic acids is 1. The van der Waals surface area contributed by atoms with Crippen molar-refractivity contribution in [1.29, 1.82) is 0 Å². The molecular weight excluding hydrogens is 246 g/mol. The van der Waals surface area contributed by atoms with Crippen LogP contribution in [0.25, 0.3) is 5.69 Å². The summed E-state index contributed by atoms with van der Waals surface area (Å²) in [6, 6.07) is 7.19. The molecule has 0 aliphatic carbocycles. The van der Waals surface area contributed by atoms with E-state index in [0.29, 0.717) is 23.5 Å². The Hall–Kier alpha value is -2.43. The smallest absolute Gasteiger partial charge is 0.337 e. The number of aromatic nitrogens is 1. The van der Waals surface area contributed by atoms with E-state index in [4.69, 9.17) is 14.6 Å². The number of carbonyl (C=O) groups is 1. The van der Waals surface area contributed by atoms with Crippen LogP contribution in [-0.2, 0) is 6.42 Å². The van der Waals surface area contributed by atoms with E-state index in [9.17, 15) is 4.79 Å². The minimum absolute atomic E-state index is 0.228. The van der Waals surface area contributed by atoms with E-state index in [-0.39, 0.29) is 6.79 Å². The summed E-state index contributed by atoms with van der Waals surface area (Å²) in [7, 11) is 0. The summed E-state index contributed by atoms with van der Waals surface area (Å²) in [5.74, 6) is 0.494. The Morgan fingerprint density at radius 1 is 1.32 bits per heavy atom. The number of hydrogen-bond acceptors (Lipinski definition) is 3. The second kappa shape index (κ2) is 4.35. The molecule has 0 atom stereocenters. The average molecular weight is 259 g/mol. The molecule has 0 bridgehead atoms. The van der Waals surface area contributed by atoms with Gasteiger partial charge in [-0.25, -0.2) is 4.79 Å². The lowest BCUT2D eigenvalue weighted by Crippen LogP contribution is -2.04. The fraction of sp³-hybridized carbons (Fsp3) is 0.214. The zero-order chi connectivity index (χ0) is 13.4. The molecule has 2 aromatic rings. The Bertz CT molecular complexity index is 645. The first-order valence-corrected chi connectivity index (χ1v) is 6.04. The zero-order valence-corrected chi connectivity index (χ0v) is 10.4. The molecule has 2 heterocycles. The van der Waals surface area contributed by atoms with Gasteiger partial charge in [0.25, 0.3) is 0 Å². The van der Waals surface area contributed by atoms with Crippen LogP contribution in [0.5, 0.6) is 11.5 Å². The summed E-state index contributed by atoms with van der Waals surface area (Å²) >= 11 is 0. The van der Waals surface area contributed by atoms with Gasteiger partial charge < -0.3 is 19.1 Å². The first-order valence-electron chi connectivity index (χ1n) is 6.04. The minimum atomic E-state index is -0.906. The number of fused-ring (bicyclic) bond motifs is 1. The maximum Gasteiger partial charge on any atom is 0.337 e. The van der Waals surface area contributed by atoms with Gasteiger partial charge in [-0.05, 0) is 24.6 Å². The van der Waals surface area contributed by atoms with E-state index < -0.39 is 5.97 Å². The molecule has 1 aromatic heterocycles. The average Bonchev–Trinajstić information content (AvgIpc) is 3.03. The SMILES string of the molecule is CCc1c(C(=O)O)ccn1-c1ccc2c(c1)OCO2. The van der Waals surface area contributed by atoms with Crippen molar-refractivity contribution < 1.29 is 19.4 Å². The number of ether oxygens (including phenoxy) is 2. The Kier molecular flexibility index (Phi) is 2.67. The highest BCUT2D eigenvalue weighted by atomic mass is 16.7. The highest BCUT2D eigenvalue weighted by Gasteiger charge is 2.17. The predicted octanol–water partition coefficient (Wildman–Crippen LogP) is 2.47. The Balaban J connectivity index is 2.09. The van der Waals surface area contributed by atoms with Gasteiger partial charge in [-0.3, -0.25) is 0 Å². The molecule has 0 radical (unpaired) electrons. The van der Waals surface area contributed by atoms with Gasteiger partial charge in [0.15, 0.2) is 11.5 Å². The zero-order valence-electron chi connectivity index (χ0n) is 10.4. The standard InChI is InChI=1S/C14H13NO4/c1-2-11-10(14(16)17)5-6-15(11)9-3-4-12-13(7-9)19-8-18-12/h3-7H,2,8H2,1H3,(H,16,17). The number of hydrogen-bond donors (Lipinski definition) is 1. The van der Waals surface area contributed by atoms with E-state index in [1.54, 1.807) is 12.3 Å². The summed E-state index contributed by atoms with van der Waals surface area (Å²) in [6.45, 7) is 2.16. The fourth-order valence-corrected chi connectivity index (χ4v) is 2.30. The van der Waals surface area contributed by atoms with Crippen LogP contribution in [0.2, 0.25) is 0 Å². The fourth-order valence-electron chi connectivity index (χ4n) is 2.30.